The second-order valence-corrected chi connectivity index (χ2v) is 12.8. The van der Waals surface area contributed by atoms with Crippen LogP contribution in [0.15, 0.2) is 182 Å². The first kappa shape index (κ1) is 26.9. The third-order valence-corrected chi connectivity index (χ3v) is 10.2. The van der Waals surface area contributed by atoms with Gasteiger partial charge in [-0.2, -0.15) is 0 Å². The molecule has 0 nitrogen and oxygen atoms in total. The number of rotatable bonds is 3. The molecule has 48 heavy (non-hydrogen) atoms. The highest BCUT2D eigenvalue weighted by molar-refractivity contribution is 6.30. The lowest BCUT2D eigenvalue weighted by Gasteiger charge is -2.21. The van der Waals surface area contributed by atoms with Crippen LogP contribution in [0.3, 0.4) is 0 Å². The van der Waals surface area contributed by atoms with Crippen molar-refractivity contribution >= 4 is 64.6 Å². The molecule has 0 aliphatic rings. The van der Waals surface area contributed by atoms with Gasteiger partial charge in [0.1, 0.15) is 0 Å². The van der Waals surface area contributed by atoms with E-state index in [1.807, 2.05) is 0 Å². The first-order valence-corrected chi connectivity index (χ1v) is 16.7. The van der Waals surface area contributed by atoms with Crippen LogP contribution in [0.5, 0.6) is 0 Å². The molecule has 0 heteroatoms. The van der Waals surface area contributed by atoms with Gasteiger partial charge in [-0.15, -0.1) is 0 Å². The van der Waals surface area contributed by atoms with Crippen LogP contribution in [0.25, 0.3) is 98.0 Å². The summed E-state index contributed by atoms with van der Waals surface area (Å²) in [6, 6.07) is 67.1. The van der Waals surface area contributed by atoms with Gasteiger partial charge < -0.3 is 0 Å². The van der Waals surface area contributed by atoms with Crippen LogP contribution in [-0.4, -0.2) is 0 Å². The van der Waals surface area contributed by atoms with Gasteiger partial charge in [-0.05, 0) is 110 Å². The Balaban J connectivity index is 1.29. The average Bonchev–Trinajstić information content (AvgIpc) is 3.16. The summed E-state index contributed by atoms with van der Waals surface area (Å²) >= 11 is 0. The van der Waals surface area contributed by atoms with Crippen molar-refractivity contribution in [1.29, 1.82) is 0 Å². The minimum Gasteiger partial charge on any atom is -0.0616 e. The van der Waals surface area contributed by atoms with Gasteiger partial charge in [0.25, 0.3) is 0 Å². The molecule has 0 unspecified atom stereocenters. The fourth-order valence-corrected chi connectivity index (χ4v) is 8.00. The Morgan fingerprint density at radius 2 is 0.750 bits per heavy atom. The second-order valence-electron chi connectivity index (χ2n) is 12.8. The van der Waals surface area contributed by atoms with Crippen molar-refractivity contribution in [3.63, 3.8) is 0 Å². The molecule has 0 N–H and O–H groups in total. The SMILES string of the molecule is c1ccc2cc(-c3ccc(-c4c5ccccc5c(-c5cc6ccccc6c6ccccc56)c5c4ccc4ccccc45)cc3)ccc2c1. The summed E-state index contributed by atoms with van der Waals surface area (Å²) in [6.45, 7) is 0. The molecule has 0 fully saturated rings. The van der Waals surface area contributed by atoms with Gasteiger partial charge in [0, 0.05) is 0 Å². The zero-order valence-corrected chi connectivity index (χ0v) is 26.3. The average molecular weight is 607 g/mol. The van der Waals surface area contributed by atoms with E-state index in [1.54, 1.807) is 0 Å². The molecule has 0 spiro atoms. The molecule has 0 aromatic heterocycles. The minimum absolute atomic E-state index is 1.22. The topological polar surface area (TPSA) is 0 Å². The van der Waals surface area contributed by atoms with Crippen molar-refractivity contribution < 1.29 is 0 Å². The van der Waals surface area contributed by atoms with Crippen molar-refractivity contribution in [2.75, 3.05) is 0 Å². The van der Waals surface area contributed by atoms with E-state index in [9.17, 15) is 0 Å². The largest absolute Gasteiger partial charge is 0.0616 e. The van der Waals surface area contributed by atoms with Crippen LogP contribution in [0, 0.1) is 0 Å². The minimum atomic E-state index is 1.22. The summed E-state index contributed by atoms with van der Waals surface area (Å²) in [7, 11) is 0. The van der Waals surface area contributed by atoms with Gasteiger partial charge in [-0.1, -0.05) is 170 Å². The molecule has 0 atom stereocenters. The maximum absolute atomic E-state index is 2.42. The van der Waals surface area contributed by atoms with Crippen molar-refractivity contribution in [1.82, 2.24) is 0 Å². The molecule has 10 aromatic rings. The smallest absolute Gasteiger partial charge is 0.00137 e. The fraction of sp³-hybridized carbons (Fsp3) is 0. The number of benzene rings is 10. The van der Waals surface area contributed by atoms with Gasteiger partial charge in [0.05, 0.1) is 0 Å². The van der Waals surface area contributed by atoms with Crippen LogP contribution in [-0.2, 0) is 0 Å². The molecule has 0 aliphatic carbocycles. The van der Waals surface area contributed by atoms with Crippen molar-refractivity contribution in [3.05, 3.63) is 182 Å². The third kappa shape index (κ3) is 4.10. The van der Waals surface area contributed by atoms with Gasteiger partial charge in [0.15, 0.2) is 0 Å². The predicted octanol–water partition coefficient (Wildman–Crippen LogP) is 13.6. The number of hydrogen-bond donors (Lipinski definition) is 0. The lowest BCUT2D eigenvalue weighted by molar-refractivity contribution is 1.63. The Kier molecular flexibility index (Phi) is 5.98. The lowest BCUT2D eigenvalue weighted by Crippen LogP contribution is -1.93. The Labute approximate surface area is 279 Å². The summed E-state index contributed by atoms with van der Waals surface area (Å²) < 4.78 is 0. The summed E-state index contributed by atoms with van der Waals surface area (Å²) in [6.07, 6.45) is 0. The zero-order valence-electron chi connectivity index (χ0n) is 26.3. The van der Waals surface area contributed by atoms with Crippen molar-refractivity contribution in [2.24, 2.45) is 0 Å². The Morgan fingerprint density at radius 3 is 1.52 bits per heavy atom. The van der Waals surface area contributed by atoms with Crippen LogP contribution in [0.4, 0.5) is 0 Å². The molecular formula is C48H30. The summed E-state index contributed by atoms with van der Waals surface area (Å²) in [5.41, 5.74) is 7.55. The maximum atomic E-state index is 2.42. The number of hydrogen-bond acceptors (Lipinski definition) is 0. The van der Waals surface area contributed by atoms with E-state index in [0.29, 0.717) is 0 Å². The van der Waals surface area contributed by atoms with Crippen LogP contribution in [0.1, 0.15) is 0 Å². The first-order valence-electron chi connectivity index (χ1n) is 16.7. The molecule has 0 radical (unpaired) electrons. The monoisotopic (exact) mass is 606 g/mol. The van der Waals surface area contributed by atoms with Crippen molar-refractivity contribution in [3.8, 4) is 33.4 Å². The van der Waals surface area contributed by atoms with E-state index >= 15 is 0 Å². The molecule has 0 saturated carbocycles. The molecule has 0 bridgehead atoms. The van der Waals surface area contributed by atoms with Crippen LogP contribution in [0.2, 0.25) is 0 Å². The highest BCUT2D eigenvalue weighted by atomic mass is 14.2. The molecular weight excluding hydrogens is 577 g/mol. The molecule has 222 valence electrons. The second kappa shape index (κ2) is 10.7. The maximum Gasteiger partial charge on any atom is -0.00137 e. The van der Waals surface area contributed by atoms with E-state index in [0.717, 1.165) is 0 Å². The van der Waals surface area contributed by atoms with Crippen LogP contribution >= 0.6 is 0 Å². The third-order valence-electron chi connectivity index (χ3n) is 10.2. The Hall–Kier alpha value is -6.24. The number of fused-ring (bicyclic) bond motifs is 8. The van der Waals surface area contributed by atoms with Gasteiger partial charge in [0.2, 0.25) is 0 Å². The first-order chi connectivity index (χ1) is 23.8. The van der Waals surface area contributed by atoms with Gasteiger partial charge in [-0.25, -0.2) is 0 Å². The summed E-state index contributed by atoms with van der Waals surface area (Å²) in [5, 5.41) is 15.3. The quantitative estimate of drug-likeness (QED) is 0.139. The van der Waals surface area contributed by atoms with Gasteiger partial charge >= 0.3 is 0 Å². The van der Waals surface area contributed by atoms with Crippen molar-refractivity contribution in [2.45, 2.75) is 0 Å². The fourth-order valence-electron chi connectivity index (χ4n) is 8.00. The van der Waals surface area contributed by atoms with Gasteiger partial charge in [-0.3, -0.25) is 0 Å². The lowest BCUT2D eigenvalue weighted by atomic mass is 9.82. The summed E-state index contributed by atoms with van der Waals surface area (Å²) in [5.74, 6) is 0. The molecule has 0 saturated heterocycles. The molecule has 0 amide bonds. The standard InChI is InChI=1S/C48H30/c1-2-13-35-29-36(26-23-31(35)11-1)32-21-24-34(25-22-32)46-42-19-9-10-20-43(42)48(47-39-16-6-3-12-33(39)27-28-44(46)47)45-30-37-14-4-5-15-38(37)40-17-7-8-18-41(40)45/h1-30H. The predicted molar refractivity (Wildman–Crippen MR) is 208 cm³/mol. The normalized spacial score (nSPS) is 11.8. The molecule has 0 aliphatic heterocycles. The van der Waals surface area contributed by atoms with E-state index < -0.39 is 0 Å². The highest BCUT2D eigenvalue weighted by Crippen LogP contribution is 2.48. The highest BCUT2D eigenvalue weighted by Gasteiger charge is 2.20. The summed E-state index contributed by atoms with van der Waals surface area (Å²) in [4.78, 5) is 0. The van der Waals surface area contributed by atoms with Crippen LogP contribution < -0.4 is 0 Å². The Bertz CT molecular complexity index is 2870. The Morgan fingerprint density at radius 1 is 0.229 bits per heavy atom. The van der Waals surface area contributed by atoms with E-state index in [4.69, 9.17) is 0 Å². The molecule has 10 rings (SSSR count). The van der Waals surface area contributed by atoms with E-state index in [1.165, 1.54) is 98.0 Å². The van der Waals surface area contributed by atoms with E-state index in [2.05, 4.69) is 182 Å². The molecule has 0 heterocycles. The van der Waals surface area contributed by atoms with E-state index in [-0.39, 0.29) is 0 Å². The zero-order chi connectivity index (χ0) is 31.6. The molecule has 10 aromatic carbocycles.